The quantitative estimate of drug-likeness (QED) is 0.796. The van der Waals surface area contributed by atoms with E-state index in [2.05, 4.69) is 6.58 Å². The molecule has 0 aliphatic heterocycles. The fourth-order valence-corrected chi connectivity index (χ4v) is 1.98. The molecule has 2 rings (SSSR count). The van der Waals surface area contributed by atoms with Crippen molar-refractivity contribution in [2.45, 2.75) is 13.8 Å². The minimum atomic E-state index is -0.660. The predicted molar refractivity (Wildman–Crippen MR) is 76.0 cm³/mol. The van der Waals surface area contributed by atoms with Gasteiger partial charge in [-0.25, -0.2) is 9.18 Å². The molecule has 0 saturated carbocycles. The van der Waals surface area contributed by atoms with E-state index in [-0.39, 0.29) is 12.2 Å². The Hall–Kier alpha value is -2.36. The fourth-order valence-electron chi connectivity index (χ4n) is 1.98. The van der Waals surface area contributed by atoms with Gasteiger partial charge in [-0.05, 0) is 19.4 Å². The molecule has 1 heterocycles. The summed E-state index contributed by atoms with van der Waals surface area (Å²) in [5.74, 6) is -1.23. The van der Waals surface area contributed by atoms with Crippen LogP contribution in [0.4, 0.5) is 4.39 Å². The third-order valence-electron chi connectivity index (χ3n) is 3.07. The average Bonchev–Trinajstić information content (AvgIpc) is 2.76. The van der Waals surface area contributed by atoms with E-state index in [0.29, 0.717) is 11.4 Å². The zero-order valence-electron chi connectivity index (χ0n) is 11.5. The van der Waals surface area contributed by atoms with E-state index in [1.54, 1.807) is 18.4 Å². The fraction of sp³-hybridized carbons (Fsp3) is 0.188. The minimum absolute atomic E-state index is 0.0681. The number of carbonyl (C=O) groups is 1. The third kappa shape index (κ3) is 2.50. The first kappa shape index (κ1) is 14.1. The highest BCUT2D eigenvalue weighted by Gasteiger charge is 2.20. The van der Waals surface area contributed by atoms with Gasteiger partial charge in [-0.15, -0.1) is 0 Å². The lowest BCUT2D eigenvalue weighted by Crippen LogP contribution is -2.05. The van der Waals surface area contributed by atoms with Gasteiger partial charge in [0.15, 0.2) is 5.82 Å². The summed E-state index contributed by atoms with van der Waals surface area (Å²) in [7, 11) is 0. The molecule has 0 unspecified atom stereocenters. The Morgan fingerprint density at radius 2 is 2.00 bits per heavy atom. The van der Waals surface area contributed by atoms with Crippen LogP contribution in [0, 0.1) is 12.7 Å². The van der Waals surface area contributed by atoms with Crippen molar-refractivity contribution in [1.82, 2.24) is 4.57 Å². The third-order valence-corrected chi connectivity index (χ3v) is 3.07. The van der Waals surface area contributed by atoms with Crippen LogP contribution in [0.2, 0.25) is 0 Å². The summed E-state index contributed by atoms with van der Waals surface area (Å²) in [6, 6.07) is 9.40. The normalized spacial score (nSPS) is 10.3. The molecule has 0 aliphatic carbocycles. The molecule has 1 aromatic carbocycles. The standard InChI is InChI=1S/C16H16FNO2/c1-4-20-16(19)14-10-18(12(3)15(14)17)11(2)13-8-6-5-7-9-13/h5-10H,2,4H2,1,3H3. The maximum atomic E-state index is 14.1. The highest BCUT2D eigenvalue weighted by atomic mass is 19.1. The lowest BCUT2D eigenvalue weighted by Gasteiger charge is -2.09. The summed E-state index contributed by atoms with van der Waals surface area (Å²) in [5, 5.41) is 0. The van der Waals surface area contributed by atoms with Gasteiger partial charge in [-0.1, -0.05) is 36.9 Å². The molecule has 1 aromatic heterocycles. The van der Waals surface area contributed by atoms with Gasteiger partial charge in [0.2, 0.25) is 0 Å². The van der Waals surface area contributed by atoms with Crippen LogP contribution < -0.4 is 0 Å². The van der Waals surface area contributed by atoms with Crippen molar-refractivity contribution in [3.05, 3.63) is 65.7 Å². The summed E-state index contributed by atoms with van der Waals surface area (Å²) in [6.45, 7) is 7.46. The molecule has 0 aliphatic rings. The number of halogens is 1. The summed E-state index contributed by atoms with van der Waals surface area (Å²) in [6.07, 6.45) is 1.43. The molecule has 0 fully saturated rings. The number of nitrogens with zero attached hydrogens (tertiary/aromatic N) is 1. The Labute approximate surface area is 117 Å². The molecule has 0 saturated heterocycles. The smallest absolute Gasteiger partial charge is 0.342 e. The van der Waals surface area contributed by atoms with Crippen molar-refractivity contribution >= 4 is 11.7 Å². The van der Waals surface area contributed by atoms with Crippen LogP contribution in [-0.4, -0.2) is 17.1 Å². The van der Waals surface area contributed by atoms with Gasteiger partial charge < -0.3 is 9.30 Å². The molecular formula is C16H16FNO2. The first-order chi connectivity index (χ1) is 9.56. The molecule has 20 heavy (non-hydrogen) atoms. The van der Waals surface area contributed by atoms with Gasteiger partial charge >= 0.3 is 5.97 Å². The highest BCUT2D eigenvalue weighted by molar-refractivity contribution is 5.90. The molecular weight excluding hydrogens is 257 g/mol. The van der Waals surface area contributed by atoms with E-state index in [4.69, 9.17) is 4.74 Å². The zero-order valence-corrected chi connectivity index (χ0v) is 11.5. The zero-order chi connectivity index (χ0) is 14.7. The number of esters is 1. The summed E-state index contributed by atoms with van der Waals surface area (Å²) in [5.41, 5.74) is 1.74. The number of rotatable bonds is 4. The lowest BCUT2D eigenvalue weighted by atomic mass is 10.2. The molecule has 0 amide bonds. The Morgan fingerprint density at radius 3 is 2.60 bits per heavy atom. The van der Waals surface area contributed by atoms with E-state index >= 15 is 0 Å². The molecule has 0 radical (unpaired) electrons. The van der Waals surface area contributed by atoms with Crippen molar-refractivity contribution in [2.24, 2.45) is 0 Å². The van der Waals surface area contributed by atoms with Crippen molar-refractivity contribution < 1.29 is 13.9 Å². The van der Waals surface area contributed by atoms with Crippen molar-refractivity contribution in [2.75, 3.05) is 6.61 Å². The molecule has 104 valence electrons. The van der Waals surface area contributed by atoms with Crippen molar-refractivity contribution in [1.29, 1.82) is 0 Å². The minimum Gasteiger partial charge on any atom is -0.462 e. The largest absolute Gasteiger partial charge is 0.462 e. The topological polar surface area (TPSA) is 31.2 Å². The number of ether oxygens (including phenoxy) is 1. The monoisotopic (exact) mass is 273 g/mol. The van der Waals surface area contributed by atoms with Crippen LogP contribution in [0.25, 0.3) is 5.70 Å². The lowest BCUT2D eigenvalue weighted by molar-refractivity contribution is 0.0521. The number of carbonyl (C=O) groups excluding carboxylic acids is 1. The van der Waals surface area contributed by atoms with Crippen LogP contribution in [-0.2, 0) is 4.74 Å². The van der Waals surface area contributed by atoms with E-state index in [0.717, 1.165) is 5.56 Å². The Balaban J connectivity index is 2.41. The van der Waals surface area contributed by atoms with E-state index in [1.807, 2.05) is 30.3 Å². The van der Waals surface area contributed by atoms with Crippen molar-refractivity contribution in [3.8, 4) is 0 Å². The second kappa shape index (κ2) is 5.74. The second-order valence-electron chi connectivity index (χ2n) is 4.35. The molecule has 0 spiro atoms. The van der Waals surface area contributed by atoms with Gasteiger partial charge in [0, 0.05) is 11.9 Å². The summed E-state index contributed by atoms with van der Waals surface area (Å²) >= 11 is 0. The maximum absolute atomic E-state index is 14.1. The number of aromatic nitrogens is 1. The second-order valence-corrected chi connectivity index (χ2v) is 4.35. The molecule has 4 heteroatoms. The molecule has 0 atom stereocenters. The van der Waals surface area contributed by atoms with Crippen LogP contribution >= 0.6 is 0 Å². The number of hydrogen-bond donors (Lipinski definition) is 0. The van der Waals surface area contributed by atoms with Crippen LogP contribution in [0.15, 0.2) is 43.1 Å². The van der Waals surface area contributed by atoms with E-state index in [9.17, 15) is 9.18 Å². The first-order valence-electron chi connectivity index (χ1n) is 6.35. The number of benzene rings is 1. The number of hydrogen-bond acceptors (Lipinski definition) is 2. The molecule has 2 aromatic rings. The van der Waals surface area contributed by atoms with E-state index < -0.39 is 11.8 Å². The molecule has 3 nitrogen and oxygen atoms in total. The molecule has 0 N–H and O–H groups in total. The SMILES string of the molecule is C=C(c1ccccc1)n1cc(C(=O)OCC)c(F)c1C. The summed E-state index contributed by atoms with van der Waals surface area (Å²) < 4.78 is 20.5. The van der Waals surface area contributed by atoms with E-state index in [1.165, 1.54) is 6.20 Å². The predicted octanol–water partition coefficient (Wildman–Crippen LogP) is 3.63. The van der Waals surface area contributed by atoms with Gasteiger partial charge in [0.1, 0.15) is 5.56 Å². The Kier molecular flexibility index (Phi) is 4.03. The van der Waals surface area contributed by atoms with Gasteiger partial charge in [0.05, 0.1) is 12.3 Å². The first-order valence-corrected chi connectivity index (χ1v) is 6.35. The Morgan fingerprint density at radius 1 is 1.35 bits per heavy atom. The van der Waals surface area contributed by atoms with Gasteiger partial charge in [-0.2, -0.15) is 0 Å². The summed E-state index contributed by atoms with van der Waals surface area (Å²) in [4.78, 5) is 11.7. The van der Waals surface area contributed by atoms with Crippen LogP contribution in [0.1, 0.15) is 28.5 Å². The molecule has 0 bridgehead atoms. The average molecular weight is 273 g/mol. The maximum Gasteiger partial charge on any atom is 0.342 e. The highest BCUT2D eigenvalue weighted by Crippen LogP contribution is 2.23. The Bertz CT molecular complexity index is 644. The van der Waals surface area contributed by atoms with Gasteiger partial charge in [-0.3, -0.25) is 0 Å². The van der Waals surface area contributed by atoms with Gasteiger partial charge in [0.25, 0.3) is 0 Å². The van der Waals surface area contributed by atoms with Crippen molar-refractivity contribution in [3.63, 3.8) is 0 Å². The van der Waals surface area contributed by atoms with Crippen LogP contribution in [0.5, 0.6) is 0 Å². The van der Waals surface area contributed by atoms with Crippen LogP contribution in [0.3, 0.4) is 0 Å².